The molecule has 166 valence electrons. The van der Waals surface area contributed by atoms with Crippen LogP contribution in [-0.2, 0) is 6.54 Å². The van der Waals surface area contributed by atoms with Crippen LogP contribution in [0.1, 0.15) is 31.2 Å². The summed E-state index contributed by atoms with van der Waals surface area (Å²) in [5, 5.41) is 7.05. The molecule has 0 saturated carbocycles. The highest BCUT2D eigenvalue weighted by atomic mass is 16.5. The number of aromatic nitrogens is 1. The second-order valence-corrected chi connectivity index (χ2v) is 8.24. The molecule has 0 bridgehead atoms. The van der Waals surface area contributed by atoms with Gasteiger partial charge in [-0.25, -0.2) is 4.98 Å². The molecule has 4 rings (SSSR count). The summed E-state index contributed by atoms with van der Waals surface area (Å²) in [5.74, 6) is 2.85. The first-order valence-corrected chi connectivity index (χ1v) is 11.3. The number of methoxy groups -OCH3 is 1. The molecule has 7 heteroatoms. The first-order chi connectivity index (χ1) is 15.3. The summed E-state index contributed by atoms with van der Waals surface area (Å²) >= 11 is 0. The summed E-state index contributed by atoms with van der Waals surface area (Å²) in [7, 11) is 3.56. The quantitative estimate of drug-likeness (QED) is 0.551. The van der Waals surface area contributed by atoms with E-state index >= 15 is 0 Å². The van der Waals surface area contributed by atoms with Crippen LogP contribution in [0, 0.1) is 0 Å². The monoisotopic (exact) mass is 422 g/mol. The molecule has 2 fully saturated rings. The van der Waals surface area contributed by atoms with Gasteiger partial charge in [0, 0.05) is 52.0 Å². The van der Waals surface area contributed by atoms with Gasteiger partial charge in [0.1, 0.15) is 11.6 Å². The van der Waals surface area contributed by atoms with E-state index in [-0.39, 0.29) is 0 Å². The number of ether oxygens (including phenoxy) is 1. The van der Waals surface area contributed by atoms with E-state index in [9.17, 15) is 0 Å². The summed E-state index contributed by atoms with van der Waals surface area (Å²) in [6.45, 7) is 4.87. The molecule has 0 radical (unpaired) electrons. The molecule has 7 nitrogen and oxygen atoms in total. The highest BCUT2D eigenvalue weighted by Crippen LogP contribution is 2.30. The van der Waals surface area contributed by atoms with Gasteiger partial charge in [-0.3, -0.25) is 4.99 Å². The predicted octanol–water partition coefficient (Wildman–Crippen LogP) is 3.02. The Morgan fingerprint density at radius 2 is 1.97 bits per heavy atom. The molecule has 1 aromatic carbocycles. The van der Waals surface area contributed by atoms with Crippen molar-refractivity contribution in [1.82, 2.24) is 15.6 Å². The van der Waals surface area contributed by atoms with E-state index in [2.05, 4.69) is 54.7 Å². The largest absolute Gasteiger partial charge is 0.495 e. The number of anilines is 2. The number of hydrogen-bond acceptors (Lipinski definition) is 5. The van der Waals surface area contributed by atoms with Crippen molar-refractivity contribution in [3.8, 4) is 5.75 Å². The maximum absolute atomic E-state index is 5.53. The van der Waals surface area contributed by atoms with E-state index in [4.69, 9.17) is 4.74 Å². The number of rotatable bonds is 6. The number of nitrogens with zero attached hydrogens (tertiary/aromatic N) is 4. The fraction of sp³-hybridized carbons (Fsp3) is 0.500. The molecule has 1 unspecified atom stereocenters. The van der Waals surface area contributed by atoms with Crippen LogP contribution in [0.4, 0.5) is 11.5 Å². The maximum atomic E-state index is 5.53. The van der Waals surface area contributed by atoms with Crippen molar-refractivity contribution in [2.45, 2.75) is 38.3 Å². The second kappa shape index (κ2) is 10.4. The fourth-order valence-electron chi connectivity index (χ4n) is 4.43. The van der Waals surface area contributed by atoms with Gasteiger partial charge in [0.2, 0.25) is 0 Å². The van der Waals surface area contributed by atoms with E-state index in [1.807, 2.05) is 25.4 Å². The minimum Gasteiger partial charge on any atom is -0.495 e. The zero-order chi connectivity index (χ0) is 21.5. The van der Waals surface area contributed by atoms with Gasteiger partial charge < -0.3 is 25.2 Å². The molecule has 2 aliphatic heterocycles. The minimum absolute atomic E-state index is 0.345. The molecular formula is C24H34N6O. The van der Waals surface area contributed by atoms with Crippen LogP contribution < -0.4 is 25.2 Å². The summed E-state index contributed by atoms with van der Waals surface area (Å²) in [4.78, 5) is 13.8. The first-order valence-electron chi connectivity index (χ1n) is 11.3. The molecule has 0 amide bonds. The predicted molar refractivity (Wildman–Crippen MR) is 127 cm³/mol. The van der Waals surface area contributed by atoms with Crippen molar-refractivity contribution in [1.29, 1.82) is 0 Å². The van der Waals surface area contributed by atoms with Crippen LogP contribution in [0.15, 0.2) is 47.6 Å². The number of nitrogens with one attached hydrogen (secondary N) is 2. The van der Waals surface area contributed by atoms with Gasteiger partial charge in [0.05, 0.1) is 12.8 Å². The fourth-order valence-corrected chi connectivity index (χ4v) is 4.43. The number of hydrogen-bond donors (Lipinski definition) is 2. The molecule has 31 heavy (non-hydrogen) atoms. The standard InChI is InChI=1S/C24H34N6O/c1-25-24(27-17-19-10-12-26-23(16-19)29-13-6-3-7-14-29)28-20-11-15-30(18-20)21-8-4-5-9-22(21)31-2/h4-5,8-10,12,16,20H,3,6-7,11,13-15,17-18H2,1-2H3,(H2,25,27,28). The van der Waals surface area contributed by atoms with Gasteiger partial charge in [-0.05, 0) is 55.5 Å². The topological polar surface area (TPSA) is 65.0 Å². The van der Waals surface area contributed by atoms with Crippen LogP contribution >= 0.6 is 0 Å². The average molecular weight is 423 g/mol. The molecule has 2 aromatic rings. The summed E-state index contributed by atoms with van der Waals surface area (Å²) < 4.78 is 5.53. The van der Waals surface area contributed by atoms with E-state index < -0.39 is 0 Å². The summed E-state index contributed by atoms with van der Waals surface area (Å²) in [5.41, 5.74) is 2.37. The Kier molecular flexibility index (Phi) is 7.12. The molecule has 1 atom stereocenters. The minimum atomic E-state index is 0.345. The van der Waals surface area contributed by atoms with Gasteiger partial charge in [-0.2, -0.15) is 0 Å². The number of benzene rings is 1. The lowest BCUT2D eigenvalue weighted by molar-refractivity contribution is 0.415. The number of para-hydroxylation sites is 2. The normalized spacial score (nSPS) is 19.4. The Morgan fingerprint density at radius 3 is 2.77 bits per heavy atom. The summed E-state index contributed by atoms with van der Waals surface area (Å²) in [6, 6.07) is 12.8. The third-order valence-electron chi connectivity index (χ3n) is 6.13. The number of pyridine rings is 1. The van der Waals surface area contributed by atoms with Gasteiger partial charge in [0.25, 0.3) is 0 Å². The van der Waals surface area contributed by atoms with Crippen LogP contribution in [0.25, 0.3) is 0 Å². The van der Waals surface area contributed by atoms with E-state index in [0.29, 0.717) is 6.04 Å². The Morgan fingerprint density at radius 1 is 1.13 bits per heavy atom. The Bertz CT molecular complexity index is 880. The molecule has 2 saturated heterocycles. The summed E-state index contributed by atoms with van der Waals surface area (Å²) in [6.07, 6.45) is 6.82. The Balaban J connectivity index is 1.30. The lowest BCUT2D eigenvalue weighted by Gasteiger charge is -2.28. The molecule has 3 heterocycles. The number of guanidine groups is 1. The van der Waals surface area contributed by atoms with Gasteiger partial charge in [-0.15, -0.1) is 0 Å². The van der Waals surface area contributed by atoms with Gasteiger partial charge in [-0.1, -0.05) is 12.1 Å². The SMILES string of the molecule is CN=C(NCc1ccnc(N2CCCCC2)c1)NC1CCN(c2ccccc2OC)C1. The Hall–Kier alpha value is -2.96. The zero-order valence-corrected chi connectivity index (χ0v) is 18.7. The molecule has 0 aliphatic carbocycles. The van der Waals surface area contributed by atoms with E-state index in [1.54, 1.807) is 7.11 Å². The third kappa shape index (κ3) is 5.40. The lowest BCUT2D eigenvalue weighted by Crippen LogP contribution is -2.44. The molecule has 2 aliphatic rings. The van der Waals surface area contributed by atoms with E-state index in [1.165, 1.54) is 24.8 Å². The number of aliphatic imine (C=N–C) groups is 1. The van der Waals surface area contributed by atoms with Crippen molar-refractivity contribution in [3.05, 3.63) is 48.2 Å². The van der Waals surface area contributed by atoms with Crippen molar-refractivity contribution < 1.29 is 4.74 Å². The highest BCUT2D eigenvalue weighted by Gasteiger charge is 2.25. The van der Waals surface area contributed by atoms with Crippen molar-refractivity contribution in [2.24, 2.45) is 4.99 Å². The molecular weight excluding hydrogens is 388 g/mol. The van der Waals surface area contributed by atoms with Crippen LogP contribution in [-0.4, -0.2) is 57.3 Å². The zero-order valence-electron chi connectivity index (χ0n) is 18.7. The Labute approximate surface area is 185 Å². The molecule has 1 aromatic heterocycles. The third-order valence-corrected chi connectivity index (χ3v) is 6.13. The van der Waals surface area contributed by atoms with Gasteiger partial charge in [0.15, 0.2) is 5.96 Å². The molecule has 0 spiro atoms. The van der Waals surface area contributed by atoms with Crippen LogP contribution in [0.2, 0.25) is 0 Å². The van der Waals surface area contributed by atoms with E-state index in [0.717, 1.165) is 62.4 Å². The second-order valence-electron chi connectivity index (χ2n) is 8.24. The van der Waals surface area contributed by atoms with Crippen molar-refractivity contribution in [2.75, 3.05) is 50.1 Å². The van der Waals surface area contributed by atoms with Crippen LogP contribution in [0.5, 0.6) is 5.75 Å². The lowest BCUT2D eigenvalue weighted by atomic mass is 10.1. The highest BCUT2D eigenvalue weighted by molar-refractivity contribution is 5.80. The smallest absolute Gasteiger partial charge is 0.191 e. The first kappa shape index (κ1) is 21.3. The average Bonchev–Trinajstić information content (AvgIpc) is 3.31. The maximum Gasteiger partial charge on any atom is 0.191 e. The van der Waals surface area contributed by atoms with Crippen molar-refractivity contribution >= 4 is 17.5 Å². The molecule has 2 N–H and O–H groups in total. The van der Waals surface area contributed by atoms with Gasteiger partial charge >= 0.3 is 0 Å². The number of piperidine rings is 1. The van der Waals surface area contributed by atoms with Crippen LogP contribution in [0.3, 0.4) is 0 Å². The van der Waals surface area contributed by atoms with Crippen molar-refractivity contribution in [3.63, 3.8) is 0 Å².